The summed E-state index contributed by atoms with van der Waals surface area (Å²) in [5, 5.41) is 0. The maximum atomic E-state index is 5.81. The van der Waals surface area contributed by atoms with E-state index in [0.717, 1.165) is 74.9 Å². The molecular weight excluding hydrogens is 464 g/mol. The van der Waals surface area contributed by atoms with Gasteiger partial charge in [-0.15, -0.1) is 0 Å². The maximum absolute atomic E-state index is 5.81. The number of hydrogen-bond donors (Lipinski definition) is 0. The highest BCUT2D eigenvalue weighted by atomic mass is 16.5. The van der Waals surface area contributed by atoms with Gasteiger partial charge in [-0.3, -0.25) is 4.90 Å². The summed E-state index contributed by atoms with van der Waals surface area (Å²) in [5.41, 5.74) is 2.19. The van der Waals surface area contributed by atoms with Gasteiger partial charge in [-0.05, 0) is 18.4 Å². The molecule has 0 atom stereocenters. The zero-order chi connectivity index (χ0) is 26.1. The van der Waals surface area contributed by atoms with Gasteiger partial charge in [0.2, 0.25) is 5.88 Å². The molecule has 2 aromatic heterocycles. The first kappa shape index (κ1) is 26.8. The van der Waals surface area contributed by atoms with Crippen LogP contribution >= 0.6 is 0 Å². The first-order valence-electron chi connectivity index (χ1n) is 13.4. The van der Waals surface area contributed by atoms with Gasteiger partial charge in [-0.2, -0.15) is 4.98 Å². The smallest absolute Gasteiger partial charge is 0.319 e. The highest BCUT2D eigenvalue weighted by Crippen LogP contribution is 2.23. The van der Waals surface area contributed by atoms with Gasteiger partial charge in [0.1, 0.15) is 18.2 Å². The van der Waals surface area contributed by atoms with Crippen LogP contribution in [0.2, 0.25) is 0 Å². The van der Waals surface area contributed by atoms with Gasteiger partial charge in [0.15, 0.2) is 0 Å². The Morgan fingerprint density at radius 1 is 0.919 bits per heavy atom. The molecular formula is C29H40N6O2. The van der Waals surface area contributed by atoms with Crippen LogP contribution in [0.4, 0.5) is 5.82 Å². The van der Waals surface area contributed by atoms with Crippen molar-refractivity contribution in [1.82, 2.24) is 24.8 Å². The highest BCUT2D eigenvalue weighted by molar-refractivity contribution is 5.41. The van der Waals surface area contributed by atoms with E-state index < -0.39 is 0 Å². The molecule has 1 fully saturated rings. The Morgan fingerprint density at radius 2 is 1.70 bits per heavy atom. The van der Waals surface area contributed by atoms with Crippen LogP contribution in [-0.2, 0) is 18.4 Å². The molecule has 4 rings (SSSR count). The van der Waals surface area contributed by atoms with E-state index in [2.05, 4.69) is 53.5 Å². The minimum atomic E-state index is -0.0580. The molecule has 0 radical (unpaired) electrons. The van der Waals surface area contributed by atoms with Crippen LogP contribution < -0.4 is 14.4 Å². The lowest BCUT2D eigenvalue weighted by molar-refractivity contribution is 0.215. The lowest BCUT2D eigenvalue weighted by Gasteiger charge is -2.36. The molecule has 0 spiro atoms. The van der Waals surface area contributed by atoms with Gasteiger partial charge >= 0.3 is 6.01 Å². The van der Waals surface area contributed by atoms with Gasteiger partial charge in [0.25, 0.3) is 0 Å². The summed E-state index contributed by atoms with van der Waals surface area (Å²) in [6.07, 6.45) is 4.67. The molecule has 0 N–H and O–H groups in total. The molecule has 1 saturated heterocycles. The molecule has 0 saturated carbocycles. The Labute approximate surface area is 221 Å². The van der Waals surface area contributed by atoms with Crippen LogP contribution in [0.3, 0.4) is 0 Å². The van der Waals surface area contributed by atoms with E-state index in [1.54, 1.807) is 12.3 Å². The summed E-state index contributed by atoms with van der Waals surface area (Å²) in [4.78, 5) is 23.2. The first-order valence-corrected chi connectivity index (χ1v) is 13.4. The fraction of sp³-hybridized carbons (Fsp3) is 0.517. The number of anilines is 1. The van der Waals surface area contributed by atoms with E-state index in [9.17, 15) is 0 Å². The number of nitrogens with zero attached hydrogens (tertiary/aromatic N) is 6. The number of rotatable bonds is 11. The largest absolute Gasteiger partial charge is 0.473 e. The third kappa shape index (κ3) is 8.12. The summed E-state index contributed by atoms with van der Waals surface area (Å²) >= 11 is 0. The Morgan fingerprint density at radius 3 is 2.43 bits per heavy atom. The summed E-state index contributed by atoms with van der Waals surface area (Å²) in [7, 11) is 0. The minimum absolute atomic E-state index is 0.0580. The molecule has 3 heterocycles. The van der Waals surface area contributed by atoms with Gasteiger partial charge < -0.3 is 14.4 Å². The van der Waals surface area contributed by atoms with E-state index >= 15 is 0 Å². The predicted octanol–water partition coefficient (Wildman–Crippen LogP) is 4.69. The second-order valence-electron chi connectivity index (χ2n) is 10.5. The van der Waals surface area contributed by atoms with Crippen LogP contribution in [0.25, 0.3) is 0 Å². The lowest BCUT2D eigenvalue weighted by Crippen LogP contribution is -2.47. The van der Waals surface area contributed by atoms with Crippen molar-refractivity contribution in [2.75, 3.05) is 44.2 Å². The SMILES string of the molecule is CCCc1cc(N2CCN(CCCOc3nccc(OCc4ccccc4)n3)CC2)nc(C(C)(C)C)n1. The third-order valence-electron chi connectivity index (χ3n) is 6.33. The van der Waals surface area contributed by atoms with Crippen molar-refractivity contribution in [2.24, 2.45) is 0 Å². The molecule has 37 heavy (non-hydrogen) atoms. The lowest BCUT2D eigenvalue weighted by atomic mass is 9.95. The number of aryl methyl sites for hydroxylation is 1. The Kier molecular flexibility index (Phi) is 9.28. The molecule has 0 aliphatic carbocycles. The second kappa shape index (κ2) is 12.8. The number of benzene rings is 1. The summed E-state index contributed by atoms with van der Waals surface area (Å²) in [6, 6.07) is 14.3. The van der Waals surface area contributed by atoms with Crippen LogP contribution in [0.1, 0.15) is 57.6 Å². The summed E-state index contributed by atoms with van der Waals surface area (Å²) < 4.78 is 11.6. The number of aromatic nitrogens is 4. The molecule has 0 bridgehead atoms. The van der Waals surface area contributed by atoms with Gasteiger partial charge in [0, 0.05) is 62.2 Å². The number of piperazine rings is 1. The monoisotopic (exact) mass is 504 g/mol. The molecule has 198 valence electrons. The van der Waals surface area contributed by atoms with Crippen molar-refractivity contribution < 1.29 is 9.47 Å². The van der Waals surface area contributed by atoms with E-state index in [0.29, 0.717) is 25.1 Å². The Balaban J connectivity index is 1.20. The summed E-state index contributed by atoms with van der Waals surface area (Å²) in [6.45, 7) is 14.7. The first-order chi connectivity index (χ1) is 17.9. The van der Waals surface area contributed by atoms with Crippen LogP contribution in [0, 0.1) is 0 Å². The van der Waals surface area contributed by atoms with E-state index in [4.69, 9.17) is 19.4 Å². The van der Waals surface area contributed by atoms with E-state index in [-0.39, 0.29) is 5.41 Å². The Hall–Kier alpha value is -3.26. The Bertz CT molecular complexity index is 1110. The quantitative estimate of drug-likeness (QED) is 0.348. The number of hydrogen-bond acceptors (Lipinski definition) is 8. The van der Waals surface area contributed by atoms with Crippen LogP contribution in [0.5, 0.6) is 11.9 Å². The van der Waals surface area contributed by atoms with E-state index in [1.165, 1.54) is 0 Å². The van der Waals surface area contributed by atoms with Crippen LogP contribution in [0.15, 0.2) is 48.7 Å². The number of ether oxygens (including phenoxy) is 2. The van der Waals surface area contributed by atoms with Gasteiger partial charge in [-0.1, -0.05) is 64.4 Å². The fourth-order valence-electron chi connectivity index (χ4n) is 4.22. The zero-order valence-corrected chi connectivity index (χ0v) is 22.7. The molecule has 1 aliphatic heterocycles. The molecule has 8 heteroatoms. The fourth-order valence-corrected chi connectivity index (χ4v) is 4.22. The van der Waals surface area contributed by atoms with Crippen molar-refractivity contribution in [3.63, 3.8) is 0 Å². The van der Waals surface area contributed by atoms with Crippen LogP contribution in [-0.4, -0.2) is 64.2 Å². The summed E-state index contributed by atoms with van der Waals surface area (Å²) in [5.74, 6) is 2.52. The topological polar surface area (TPSA) is 76.5 Å². The van der Waals surface area contributed by atoms with E-state index in [1.807, 2.05) is 30.3 Å². The molecule has 1 aromatic carbocycles. The van der Waals surface area contributed by atoms with Gasteiger partial charge in [0.05, 0.1) is 6.61 Å². The second-order valence-corrected chi connectivity index (χ2v) is 10.5. The maximum Gasteiger partial charge on any atom is 0.319 e. The molecule has 8 nitrogen and oxygen atoms in total. The van der Waals surface area contributed by atoms with Crippen molar-refractivity contribution in [1.29, 1.82) is 0 Å². The molecule has 0 amide bonds. The minimum Gasteiger partial charge on any atom is -0.473 e. The average molecular weight is 505 g/mol. The normalized spacial score (nSPS) is 14.5. The van der Waals surface area contributed by atoms with Crippen molar-refractivity contribution in [3.8, 4) is 11.9 Å². The average Bonchev–Trinajstić information content (AvgIpc) is 2.91. The van der Waals surface area contributed by atoms with Crippen molar-refractivity contribution in [2.45, 2.75) is 59.0 Å². The molecule has 1 aliphatic rings. The predicted molar refractivity (Wildman–Crippen MR) is 146 cm³/mol. The molecule has 3 aromatic rings. The molecule has 0 unspecified atom stereocenters. The third-order valence-corrected chi connectivity index (χ3v) is 6.33. The zero-order valence-electron chi connectivity index (χ0n) is 22.7. The van der Waals surface area contributed by atoms with Crippen molar-refractivity contribution in [3.05, 3.63) is 65.7 Å². The highest BCUT2D eigenvalue weighted by Gasteiger charge is 2.23. The van der Waals surface area contributed by atoms with Gasteiger partial charge in [-0.25, -0.2) is 15.0 Å². The standard InChI is InChI=1S/C29H40N6O2/c1-5-10-24-21-25(32-27(31-24)29(2,3)4)35-18-16-34(17-19-35)15-9-20-36-28-30-14-13-26(33-28)37-22-23-11-7-6-8-12-23/h6-8,11-14,21H,5,9-10,15-20,22H2,1-4H3. The van der Waals surface area contributed by atoms with Crippen molar-refractivity contribution >= 4 is 5.82 Å².